The summed E-state index contributed by atoms with van der Waals surface area (Å²) >= 11 is 13.5. The van der Waals surface area contributed by atoms with E-state index in [4.69, 9.17) is 27.6 Å². The number of amides is 1. The van der Waals surface area contributed by atoms with Crippen LogP contribution < -0.4 is 0 Å². The van der Waals surface area contributed by atoms with E-state index in [1.807, 2.05) is 6.92 Å². The highest BCUT2D eigenvalue weighted by molar-refractivity contribution is 8.18. The third-order valence-electron chi connectivity index (χ3n) is 4.35. The number of amidine groups is 1. The van der Waals surface area contributed by atoms with Crippen LogP contribution in [-0.4, -0.2) is 22.5 Å². The van der Waals surface area contributed by atoms with E-state index in [-0.39, 0.29) is 11.7 Å². The Hall–Kier alpha value is -2.54. The molecule has 1 amide bonds. The van der Waals surface area contributed by atoms with Gasteiger partial charge in [0.15, 0.2) is 5.17 Å². The Morgan fingerprint density at radius 1 is 1.13 bits per heavy atom. The molecule has 30 heavy (non-hydrogen) atoms. The second kappa shape index (κ2) is 8.68. The van der Waals surface area contributed by atoms with E-state index in [0.717, 1.165) is 0 Å². The molecule has 1 fully saturated rings. The molecule has 8 heteroatoms. The lowest BCUT2D eigenvalue weighted by atomic mass is 10.2. The zero-order valence-electron chi connectivity index (χ0n) is 15.7. The minimum absolute atomic E-state index is 0.165. The number of nitrogens with zero attached hydrogens (tertiary/aromatic N) is 2. The van der Waals surface area contributed by atoms with Crippen molar-refractivity contribution in [3.05, 3.63) is 81.1 Å². The molecule has 4 rings (SSSR count). The average molecular weight is 461 g/mol. The Kier molecular flexibility index (Phi) is 5.99. The molecule has 3 aromatic rings. The second-order valence-corrected chi connectivity index (χ2v) is 8.21. The maximum atomic E-state index is 13.1. The first kappa shape index (κ1) is 20.7. The summed E-state index contributed by atoms with van der Waals surface area (Å²) in [6, 6.07) is 14.5. The van der Waals surface area contributed by atoms with E-state index in [1.54, 1.807) is 53.4 Å². The number of furan rings is 1. The Balaban J connectivity index is 1.63. The number of benzene rings is 2. The van der Waals surface area contributed by atoms with Crippen molar-refractivity contribution in [2.45, 2.75) is 6.92 Å². The molecule has 1 aliphatic rings. The van der Waals surface area contributed by atoms with E-state index in [2.05, 4.69) is 4.99 Å². The fourth-order valence-electron chi connectivity index (χ4n) is 2.89. The predicted molar refractivity (Wildman–Crippen MR) is 121 cm³/mol. The number of rotatable bonds is 4. The smallest absolute Gasteiger partial charge is 0.266 e. The van der Waals surface area contributed by atoms with Gasteiger partial charge in [0, 0.05) is 23.2 Å². The molecule has 0 saturated carbocycles. The van der Waals surface area contributed by atoms with Gasteiger partial charge in [-0.2, -0.15) is 0 Å². The van der Waals surface area contributed by atoms with Crippen LogP contribution in [0.1, 0.15) is 12.7 Å². The van der Waals surface area contributed by atoms with E-state index >= 15 is 0 Å². The van der Waals surface area contributed by atoms with Crippen molar-refractivity contribution >= 4 is 57.8 Å². The van der Waals surface area contributed by atoms with Crippen molar-refractivity contribution in [1.29, 1.82) is 0 Å². The first-order chi connectivity index (χ1) is 14.4. The zero-order chi connectivity index (χ0) is 21.3. The Morgan fingerprint density at radius 2 is 1.90 bits per heavy atom. The molecule has 0 unspecified atom stereocenters. The first-order valence-electron chi connectivity index (χ1n) is 9.05. The monoisotopic (exact) mass is 460 g/mol. The topological polar surface area (TPSA) is 45.8 Å². The van der Waals surface area contributed by atoms with Gasteiger partial charge >= 0.3 is 0 Å². The van der Waals surface area contributed by atoms with Gasteiger partial charge in [-0.3, -0.25) is 9.69 Å². The van der Waals surface area contributed by atoms with Gasteiger partial charge in [-0.15, -0.1) is 0 Å². The van der Waals surface area contributed by atoms with Crippen LogP contribution in [0.3, 0.4) is 0 Å². The van der Waals surface area contributed by atoms with Crippen molar-refractivity contribution in [2.75, 3.05) is 6.54 Å². The highest BCUT2D eigenvalue weighted by Gasteiger charge is 2.32. The average Bonchev–Trinajstić information content (AvgIpc) is 3.30. The fraction of sp³-hybridized carbons (Fsp3) is 0.0909. The normalized spacial score (nSPS) is 16.8. The van der Waals surface area contributed by atoms with Crippen LogP contribution in [0.15, 0.2) is 68.9 Å². The van der Waals surface area contributed by atoms with Crippen LogP contribution in [0.25, 0.3) is 17.4 Å². The molecule has 0 bridgehead atoms. The van der Waals surface area contributed by atoms with Gasteiger partial charge in [-0.1, -0.05) is 23.2 Å². The molecule has 2 heterocycles. The van der Waals surface area contributed by atoms with Gasteiger partial charge in [-0.05, 0) is 73.3 Å². The number of hydrogen-bond acceptors (Lipinski definition) is 4. The Labute approximate surface area is 187 Å². The predicted octanol–water partition coefficient (Wildman–Crippen LogP) is 7.02. The van der Waals surface area contributed by atoms with Gasteiger partial charge in [0.05, 0.1) is 15.6 Å². The number of halogens is 3. The molecule has 0 radical (unpaired) electrons. The highest BCUT2D eigenvalue weighted by Crippen LogP contribution is 2.36. The summed E-state index contributed by atoms with van der Waals surface area (Å²) in [6.07, 6.45) is 1.67. The Morgan fingerprint density at radius 3 is 2.63 bits per heavy atom. The van der Waals surface area contributed by atoms with Crippen LogP contribution in [-0.2, 0) is 4.79 Å². The summed E-state index contributed by atoms with van der Waals surface area (Å²) in [7, 11) is 0. The fourth-order valence-corrected chi connectivity index (χ4v) is 4.31. The van der Waals surface area contributed by atoms with E-state index in [1.165, 1.54) is 23.9 Å². The lowest BCUT2D eigenvalue weighted by Gasteiger charge is -2.11. The summed E-state index contributed by atoms with van der Waals surface area (Å²) < 4.78 is 19.0. The first-order valence-corrected chi connectivity index (χ1v) is 10.6. The van der Waals surface area contributed by atoms with Crippen LogP contribution in [0.5, 0.6) is 0 Å². The van der Waals surface area contributed by atoms with Crippen LogP contribution in [0.4, 0.5) is 10.1 Å². The van der Waals surface area contributed by atoms with Crippen molar-refractivity contribution < 1.29 is 13.6 Å². The molecule has 1 aromatic heterocycles. The van der Waals surface area contributed by atoms with Gasteiger partial charge in [0.2, 0.25) is 0 Å². The van der Waals surface area contributed by atoms with Crippen molar-refractivity contribution in [3.63, 3.8) is 0 Å². The van der Waals surface area contributed by atoms with Gasteiger partial charge < -0.3 is 4.42 Å². The maximum Gasteiger partial charge on any atom is 0.266 e. The van der Waals surface area contributed by atoms with Crippen LogP contribution >= 0.6 is 35.0 Å². The molecule has 0 aliphatic carbocycles. The molecule has 0 spiro atoms. The standard InChI is InChI=1S/C22H15Cl2FN2O2S/c1-2-27-21(28)20(30-22(27)26-15-6-4-14(25)5-7-15)12-16-8-10-19(29-16)17-11-13(23)3-9-18(17)24/h3-12H,2H2,1H3/b20-12+,26-22?. The summed E-state index contributed by atoms with van der Waals surface area (Å²) in [5.41, 5.74) is 1.25. The maximum absolute atomic E-state index is 13.1. The molecule has 1 aliphatic heterocycles. The number of aliphatic imine (C=N–C) groups is 1. The van der Waals surface area contributed by atoms with Gasteiger partial charge in [-0.25, -0.2) is 9.38 Å². The van der Waals surface area contributed by atoms with Crippen molar-refractivity contribution in [1.82, 2.24) is 4.90 Å². The number of thioether (sulfide) groups is 1. The summed E-state index contributed by atoms with van der Waals surface area (Å²) in [5, 5.41) is 1.60. The molecular formula is C22H15Cl2FN2O2S. The largest absolute Gasteiger partial charge is 0.457 e. The lowest BCUT2D eigenvalue weighted by Crippen LogP contribution is -2.28. The van der Waals surface area contributed by atoms with E-state index in [9.17, 15) is 9.18 Å². The summed E-state index contributed by atoms with van der Waals surface area (Å²) in [5.74, 6) is 0.561. The molecular weight excluding hydrogens is 446 g/mol. The van der Waals surface area contributed by atoms with E-state index in [0.29, 0.717) is 49.4 Å². The SMILES string of the molecule is CCN1C(=O)/C(=C\c2ccc(-c3cc(Cl)ccc3Cl)o2)SC1=Nc1ccc(F)cc1. The van der Waals surface area contributed by atoms with Crippen molar-refractivity contribution in [3.8, 4) is 11.3 Å². The summed E-state index contributed by atoms with van der Waals surface area (Å²) in [4.78, 5) is 19.3. The summed E-state index contributed by atoms with van der Waals surface area (Å²) in [6.45, 7) is 2.33. The molecule has 2 aromatic carbocycles. The van der Waals surface area contributed by atoms with Gasteiger partial charge in [0.1, 0.15) is 17.3 Å². The third kappa shape index (κ3) is 4.31. The number of hydrogen-bond donors (Lipinski definition) is 0. The molecule has 152 valence electrons. The van der Waals surface area contributed by atoms with Crippen LogP contribution in [0, 0.1) is 5.82 Å². The Bertz CT molecular complexity index is 1170. The van der Waals surface area contributed by atoms with Gasteiger partial charge in [0.25, 0.3) is 5.91 Å². The lowest BCUT2D eigenvalue weighted by molar-refractivity contribution is -0.122. The minimum Gasteiger partial charge on any atom is -0.457 e. The van der Waals surface area contributed by atoms with Crippen LogP contribution in [0.2, 0.25) is 10.0 Å². The van der Waals surface area contributed by atoms with Crippen molar-refractivity contribution in [2.24, 2.45) is 4.99 Å². The van der Waals surface area contributed by atoms with E-state index < -0.39 is 0 Å². The number of carbonyl (C=O) groups is 1. The third-order valence-corrected chi connectivity index (χ3v) is 5.92. The molecule has 4 nitrogen and oxygen atoms in total. The molecule has 0 atom stereocenters. The highest BCUT2D eigenvalue weighted by atomic mass is 35.5. The molecule has 0 N–H and O–H groups in total. The quantitative estimate of drug-likeness (QED) is 0.393. The number of likely N-dealkylation sites (N-methyl/N-ethyl adjacent to an activating group) is 1. The zero-order valence-corrected chi connectivity index (χ0v) is 18.1. The molecule has 1 saturated heterocycles. The number of carbonyl (C=O) groups excluding carboxylic acids is 1. The second-order valence-electron chi connectivity index (χ2n) is 6.36. The minimum atomic E-state index is -0.338.